The topological polar surface area (TPSA) is 37.2 Å². The molecule has 0 saturated carbocycles. The van der Waals surface area contributed by atoms with Crippen molar-refractivity contribution in [3.63, 3.8) is 0 Å². The van der Waals surface area contributed by atoms with Gasteiger partial charge in [-0.3, -0.25) is 4.98 Å². The molecule has 0 unspecified atom stereocenters. The van der Waals surface area contributed by atoms with Gasteiger partial charge in [-0.25, -0.2) is 9.07 Å². The number of likely N-dealkylation sites (N-methyl/N-ethyl adjacent to an activating group) is 1. The average Bonchev–Trinajstić information content (AvgIpc) is 3.14. The second-order valence-corrected chi connectivity index (χ2v) is 7.97. The predicted octanol–water partition coefficient (Wildman–Crippen LogP) is 4.63. The van der Waals surface area contributed by atoms with Gasteiger partial charge in [0.2, 0.25) is 0 Å². The summed E-state index contributed by atoms with van der Waals surface area (Å²) in [6, 6.07) is 14.9. The number of piperazine rings is 1. The Labute approximate surface area is 179 Å². The first-order chi connectivity index (χ1) is 14.6. The first-order valence-electron chi connectivity index (χ1n) is 9.93. The number of para-hydroxylation sites is 1. The van der Waals surface area contributed by atoms with Crippen LogP contribution in [-0.2, 0) is 0 Å². The molecule has 2 aromatic heterocycles. The lowest BCUT2D eigenvalue weighted by molar-refractivity contribution is 0.313. The van der Waals surface area contributed by atoms with Crippen molar-refractivity contribution in [2.45, 2.75) is 0 Å². The lowest BCUT2D eigenvalue weighted by atomic mass is 10.1. The van der Waals surface area contributed by atoms with E-state index in [-0.39, 0.29) is 5.69 Å². The van der Waals surface area contributed by atoms with Gasteiger partial charge in [0.15, 0.2) is 0 Å². The number of pyridine rings is 1. The van der Waals surface area contributed by atoms with Crippen molar-refractivity contribution in [3.05, 3.63) is 71.8 Å². The van der Waals surface area contributed by atoms with E-state index in [9.17, 15) is 4.39 Å². The summed E-state index contributed by atoms with van der Waals surface area (Å²) in [5, 5.41) is 5.94. The fourth-order valence-electron chi connectivity index (χ4n) is 3.93. The van der Waals surface area contributed by atoms with E-state index in [1.54, 1.807) is 29.2 Å². The summed E-state index contributed by atoms with van der Waals surface area (Å²) in [5.41, 5.74) is 3.89. The van der Waals surface area contributed by atoms with Crippen LogP contribution in [0.25, 0.3) is 27.8 Å². The van der Waals surface area contributed by atoms with Gasteiger partial charge < -0.3 is 9.80 Å². The molecule has 1 aliphatic heterocycles. The summed E-state index contributed by atoms with van der Waals surface area (Å²) >= 11 is 6.31. The number of halogens is 2. The van der Waals surface area contributed by atoms with Crippen LogP contribution in [-0.4, -0.2) is 52.9 Å². The van der Waals surface area contributed by atoms with E-state index in [0.717, 1.165) is 42.8 Å². The molecule has 7 heteroatoms. The summed E-state index contributed by atoms with van der Waals surface area (Å²) in [7, 11) is 2.15. The van der Waals surface area contributed by atoms with Crippen LogP contribution < -0.4 is 4.90 Å². The van der Waals surface area contributed by atoms with Gasteiger partial charge in [0.05, 0.1) is 16.7 Å². The number of hydrogen-bond acceptors (Lipinski definition) is 4. The normalized spacial score (nSPS) is 15.1. The molecule has 4 aromatic rings. The highest BCUT2D eigenvalue weighted by molar-refractivity contribution is 6.32. The molecule has 0 aliphatic carbocycles. The van der Waals surface area contributed by atoms with Crippen LogP contribution >= 0.6 is 11.6 Å². The maximum absolute atomic E-state index is 14.6. The number of anilines is 1. The molecule has 5 rings (SSSR count). The van der Waals surface area contributed by atoms with Gasteiger partial charge in [0, 0.05) is 49.0 Å². The van der Waals surface area contributed by atoms with Crippen molar-refractivity contribution in [1.29, 1.82) is 0 Å². The molecule has 0 spiro atoms. The van der Waals surface area contributed by atoms with Crippen molar-refractivity contribution in [3.8, 4) is 16.9 Å². The molecule has 3 heterocycles. The molecule has 0 bridgehead atoms. The molecule has 2 aromatic carbocycles. The van der Waals surface area contributed by atoms with Gasteiger partial charge >= 0.3 is 0 Å². The summed E-state index contributed by atoms with van der Waals surface area (Å²) in [6.07, 6.45) is 3.41. The van der Waals surface area contributed by atoms with Crippen molar-refractivity contribution < 1.29 is 4.39 Å². The number of rotatable bonds is 3. The highest BCUT2D eigenvalue weighted by Gasteiger charge is 2.19. The molecular formula is C23H21ClFN5. The number of benzene rings is 2. The third kappa shape index (κ3) is 3.32. The minimum absolute atomic E-state index is 0.234. The van der Waals surface area contributed by atoms with Crippen LogP contribution in [0.2, 0.25) is 5.02 Å². The zero-order valence-corrected chi connectivity index (χ0v) is 17.3. The summed E-state index contributed by atoms with van der Waals surface area (Å²) < 4.78 is 16.1. The minimum atomic E-state index is -0.423. The number of nitrogens with zero attached hydrogens (tertiary/aromatic N) is 5. The summed E-state index contributed by atoms with van der Waals surface area (Å²) in [5.74, 6) is -0.423. The second-order valence-electron chi connectivity index (χ2n) is 7.56. The average molecular weight is 422 g/mol. The van der Waals surface area contributed by atoms with E-state index in [0.29, 0.717) is 10.5 Å². The molecule has 1 fully saturated rings. The Hall–Kier alpha value is -2.96. The maximum atomic E-state index is 14.6. The molecule has 152 valence electrons. The van der Waals surface area contributed by atoms with Crippen molar-refractivity contribution in [2.75, 3.05) is 38.1 Å². The Kier molecular flexibility index (Phi) is 4.89. The Morgan fingerprint density at radius 1 is 0.967 bits per heavy atom. The lowest BCUT2D eigenvalue weighted by Gasteiger charge is -2.34. The van der Waals surface area contributed by atoms with Gasteiger partial charge in [-0.2, -0.15) is 5.10 Å². The molecule has 0 atom stereocenters. The van der Waals surface area contributed by atoms with Crippen LogP contribution in [0.3, 0.4) is 0 Å². The first-order valence-corrected chi connectivity index (χ1v) is 10.3. The monoisotopic (exact) mass is 421 g/mol. The van der Waals surface area contributed by atoms with Gasteiger partial charge in [0.1, 0.15) is 17.2 Å². The van der Waals surface area contributed by atoms with Crippen LogP contribution in [0.5, 0.6) is 0 Å². The van der Waals surface area contributed by atoms with E-state index >= 15 is 0 Å². The van der Waals surface area contributed by atoms with Crippen LogP contribution in [0, 0.1) is 5.82 Å². The minimum Gasteiger partial charge on any atom is -0.369 e. The highest BCUT2D eigenvalue weighted by atomic mass is 35.5. The molecule has 1 saturated heterocycles. The van der Waals surface area contributed by atoms with Crippen LogP contribution in [0.4, 0.5) is 10.1 Å². The van der Waals surface area contributed by atoms with E-state index in [1.165, 1.54) is 11.8 Å². The van der Waals surface area contributed by atoms with Gasteiger partial charge in [-0.15, -0.1) is 0 Å². The second kappa shape index (κ2) is 7.70. The Morgan fingerprint density at radius 2 is 1.73 bits per heavy atom. The standard InChI is InChI=1S/C23H21ClFN5/c1-28-11-13-29(14-12-28)17-7-5-16(6-8-17)22-18-9-10-26-15-21(18)30(27-22)23-19(24)3-2-4-20(23)25/h2-10,15H,11-14H2,1H3. The van der Waals surface area contributed by atoms with E-state index in [1.807, 2.05) is 6.07 Å². The zero-order valence-electron chi connectivity index (χ0n) is 16.6. The van der Waals surface area contributed by atoms with Crippen LogP contribution in [0.1, 0.15) is 0 Å². The van der Waals surface area contributed by atoms with Gasteiger partial charge in [-0.1, -0.05) is 29.8 Å². The smallest absolute Gasteiger partial charge is 0.150 e. The van der Waals surface area contributed by atoms with E-state index in [2.05, 4.69) is 46.1 Å². The summed E-state index contributed by atoms with van der Waals surface area (Å²) in [4.78, 5) is 8.94. The van der Waals surface area contributed by atoms with Gasteiger partial charge in [0.25, 0.3) is 0 Å². The van der Waals surface area contributed by atoms with Crippen LogP contribution in [0.15, 0.2) is 60.9 Å². The SMILES string of the molecule is CN1CCN(c2ccc(-c3nn(-c4c(F)cccc4Cl)c4cnccc34)cc2)CC1. The lowest BCUT2D eigenvalue weighted by Crippen LogP contribution is -2.44. The molecule has 0 radical (unpaired) electrons. The molecule has 30 heavy (non-hydrogen) atoms. The molecule has 0 amide bonds. The molecule has 1 aliphatic rings. The largest absolute Gasteiger partial charge is 0.369 e. The molecule has 5 nitrogen and oxygen atoms in total. The third-order valence-corrected chi connectivity index (χ3v) is 5.95. The number of fused-ring (bicyclic) bond motifs is 1. The quantitative estimate of drug-likeness (QED) is 0.483. The molecular weight excluding hydrogens is 401 g/mol. The highest BCUT2D eigenvalue weighted by Crippen LogP contribution is 2.33. The molecule has 0 N–H and O–H groups in total. The Morgan fingerprint density at radius 3 is 2.47 bits per heavy atom. The summed E-state index contributed by atoms with van der Waals surface area (Å²) in [6.45, 7) is 4.16. The number of hydrogen-bond donors (Lipinski definition) is 0. The van der Waals surface area contributed by atoms with Gasteiger partial charge in [-0.05, 0) is 37.4 Å². The van der Waals surface area contributed by atoms with Crippen molar-refractivity contribution in [1.82, 2.24) is 19.7 Å². The Bertz CT molecular complexity index is 1180. The fraction of sp³-hybridized carbons (Fsp3) is 0.217. The van der Waals surface area contributed by atoms with Crippen molar-refractivity contribution in [2.24, 2.45) is 0 Å². The van der Waals surface area contributed by atoms with E-state index in [4.69, 9.17) is 16.7 Å². The zero-order chi connectivity index (χ0) is 20.7. The van der Waals surface area contributed by atoms with Crippen molar-refractivity contribution >= 4 is 28.2 Å². The third-order valence-electron chi connectivity index (χ3n) is 5.64. The number of aromatic nitrogens is 3. The maximum Gasteiger partial charge on any atom is 0.150 e. The fourth-order valence-corrected chi connectivity index (χ4v) is 4.18. The first kappa shape index (κ1) is 19.0. The Balaban J connectivity index is 1.57. The van der Waals surface area contributed by atoms with E-state index < -0.39 is 5.82 Å². The predicted molar refractivity (Wildman–Crippen MR) is 119 cm³/mol.